The third kappa shape index (κ3) is 4.01. The van der Waals surface area contributed by atoms with E-state index in [-0.39, 0.29) is 17.2 Å². The highest BCUT2D eigenvalue weighted by Crippen LogP contribution is 2.47. The molecule has 0 unspecified atom stereocenters. The fourth-order valence-electron chi connectivity index (χ4n) is 4.73. The van der Waals surface area contributed by atoms with Crippen LogP contribution in [0, 0.1) is 11.8 Å². The Bertz CT molecular complexity index is 562. The van der Waals surface area contributed by atoms with Gasteiger partial charge in [0.15, 0.2) is 0 Å². The number of benzene rings is 1. The van der Waals surface area contributed by atoms with Gasteiger partial charge in [-0.15, -0.1) is 24.2 Å². The molecule has 0 spiro atoms. The van der Waals surface area contributed by atoms with E-state index < -0.39 is 0 Å². The molecule has 1 aromatic carbocycles. The molecule has 25 heavy (non-hydrogen) atoms. The van der Waals surface area contributed by atoms with Crippen LogP contribution in [-0.2, 0) is 4.79 Å². The number of nitrogens with one attached hydrogen (secondary N) is 1. The number of likely N-dealkylation sites (tertiary alicyclic amines) is 1. The van der Waals surface area contributed by atoms with Crippen molar-refractivity contribution in [1.82, 2.24) is 10.2 Å². The summed E-state index contributed by atoms with van der Waals surface area (Å²) in [5, 5.41) is 3.52. The highest BCUT2D eigenvalue weighted by Gasteiger charge is 2.45. The molecule has 2 aliphatic heterocycles. The van der Waals surface area contributed by atoms with E-state index >= 15 is 0 Å². The van der Waals surface area contributed by atoms with Gasteiger partial charge >= 0.3 is 0 Å². The molecule has 2 heterocycles. The Kier molecular flexibility index (Phi) is 6.35. The molecule has 138 valence electrons. The van der Waals surface area contributed by atoms with Crippen molar-refractivity contribution in [2.75, 3.05) is 26.2 Å². The average molecular weight is 381 g/mol. The van der Waals surface area contributed by atoms with Crippen LogP contribution in [0.3, 0.4) is 0 Å². The van der Waals surface area contributed by atoms with Crippen LogP contribution in [0.25, 0.3) is 0 Å². The van der Waals surface area contributed by atoms with Gasteiger partial charge in [0.25, 0.3) is 0 Å². The Morgan fingerprint density at radius 2 is 1.64 bits per heavy atom. The third-order valence-corrected chi connectivity index (χ3v) is 7.65. The second-order valence-electron chi connectivity index (χ2n) is 7.66. The van der Waals surface area contributed by atoms with Crippen molar-refractivity contribution in [2.24, 2.45) is 11.8 Å². The number of carbonyl (C=O) groups excluding carboxylic acids is 1. The van der Waals surface area contributed by atoms with Crippen molar-refractivity contribution in [3.8, 4) is 0 Å². The molecular weight excluding hydrogens is 352 g/mol. The van der Waals surface area contributed by atoms with Crippen LogP contribution in [0.1, 0.15) is 38.5 Å². The van der Waals surface area contributed by atoms with E-state index in [1.807, 2.05) is 11.8 Å². The van der Waals surface area contributed by atoms with Gasteiger partial charge in [-0.25, -0.2) is 0 Å². The molecule has 1 aliphatic carbocycles. The molecule has 4 rings (SSSR count). The second-order valence-corrected chi connectivity index (χ2v) is 9.12. The number of fused-ring (bicyclic) bond motifs is 1. The van der Waals surface area contributed by atoms with Crippen LogP contribution < -0.4 is 5.32 Å². The molecular formula is C20H29ClN2OS. The predicted octanol–water partition coefficient (Wildman–Crippen LogP) is 3.97. The largest absolute Gasteiger partial charge is 0.341 e. The van der Waals surface area contributed by atoms with Crippen LogP contribution >= 0.6 is 24.2 Å². The average Bonchev–Trinajstić information content (AvgIpc) is 3.22. The van der Waals surface area contributed by atoms with Crippen LogP contribution in [0.5, 0.6) is 0 Å². The first-order chi connectivity index (χ1) is 11.8. The maximum atomic E-state index is 13.5. The Morgan fingerprint density at radius 1 is 1.04 bits per heavy atom. The number of nitrogens with zero attached hydrogens (tertiary/aromatic N) is 1. The molecule has 2 saturated heterocycles. The standard InChI is InChI=1S/C20H28N2OS.ClH/c23-19(22-12-8-16-14-21-15-17(16)9-13-22)20(10-4-5-11-20)24-18-6-2-1-3-7-18;/h1-3,6-7,16-17,21H,4-5,8-15H2;1H/t16-,17+;. The highest BCUT2D eigenvalue weighted by molar-refractivity contribution is 8.01. The summed E-state index contributed by atoms with van der Waals surface area (Å²) >= 11 is 1.83. The van der Waals surface area contributed by atoms with E-state index in [0.29, 0.717) is 5.91 Å². The number of rotatable bonds is 3. The first-order valence-electron chi connectivity index (χ1n) is 9.51. The Labute approximate surface area is 161 Å². The first kappa shape index (κ1) is 19.1. The molecule has 1 amide bonds. The number of amides is 1. The molecule has 0 radical (unpaired) electrons. The van der Waals surface area contributed by atoms with Crippen molar-refractivity contribution in [3.63, 3.8) is 0 Å². The first-order valence-corrected chi connectivity index (χ1v) is 10.3. The van der Waals surface area contributed by atoms with Crippen LogP contribution in [0.4, 0.5) is 0 Å². The maximum Gasteiger partial charge on any atom is 0.239 e. The van der Waals surface area contributed by atoms with Crippen molar-refractivity contribution in [1.29, 1.82) is 0 Å². The van der Waals surface area contributed by atoms with Crippen LogP contribution in [-0.4, -0.2) is 41.7 Å². The Morgan fingerprint density at radius 3 is 2.24 bits per heavy atom. The lowest BCUT2D eigenvalue weighted by Crippen LogP contribution is -2.46. The molecule has 1 saturated carbocycles. The summed E-state index contributed by atoms with van der Waals surface area (Å²) in [7, 11) is 0. The minimum atomic E-state index is -0.209. The van der Waals surface area contributed by atoms with E-state index in [1.165, 1.54) is 30.6 Å². The molecule has 3 nitrogen and oxygen atoms in total. The van der Waals surface area contributed by atoms with Gasteiger partial charge in [0.05, 0.1) is 4.75 Å². The zero-order chi connectivity index (χ0) is 16.4. The van der Waals surface area contributed by atoms with E-state index in [1.54, 1.807) is 0 Å². The molecule has 3 fully saturated rings. The van der Waals surface area contributed by atoms with Crippen LogP contribution in [0.15, 0.2) is 35.2 Å². The van der Waals surface area contributed by atoms with E-state index in [0.717, 1.165) is 50.9 Å². The van der Waals surface area contributed by atoms with E-state index in [2.05, 4.69) is 40.5 Å². The maximum absolute atomic E-state index is 13.5. The van der Waals surface area contributed by atoms with E-state index in [4.69, 9.17) is 0 Å². The van der Waals surface area contributed by atoms with Gasteiger partial charge in [0.1, 0.15) is 0 Å². The number of hydrogen-bond donors (Lipinski definition) is 1. The number of thioether (sulfide) groups is 1. The van der Waals surface area contributed by atoms with Crippen molar-refractivity contribution < 1.29 is 4.79 Å². The predicted molar refractivity (Wildman–Crippen MR) is 106 cm³/mol. The minimum absolute atomic E-state index is 0. The fraction of sp³-hybridized carbons (Fsp3) is 0.650. The number of hydrogen-bond acceptors (Lipinski definition) is 3. The summed E-state index contributed by atoms with van der Waals surface area (Å²) in [6, 6.07) is 10.5. The summed E-state index contributed by atoms with van der Waals surface area (Å²) in [5.74, 6) is 1.98. The second kappa shape index (κ2) is 8.32. The third-order valence-electron chi connectivity index (χ3n) is 6.16. The van der Waals surface area contributed by atoms with Gasteiger partial charge in [0.2, 0.25) is 5.91 Å². The smallest absolute Gasteiger partial charge is 0.239 e. The normalized spacial score (nSPS) is 28.1. The zero-order valence-corrected chi connectivity index (χ0v) is 16.4. The van der Waals surface area contributed by atoms with Gasteiger partial charge in [-0.3, -0.25) is 4.79 Å². The summed E-state index contributed by atoms with van der Waals surface area (Å²) in [6.45, 7) is 4.21. The molecule has 0 bridgehead atoms. The molecule has 1 N–H and O–H groups in total. The lowest BCUT2D eigenvalue weighted by molar-refractivity contribution is -0.133. The molecule has 1 aromatic rings. The zero-order valence-electron chi connectivity index (χ0n) is 14.8. The lowest BCUT2D eigenvalue weighted by atomic mass is 9.92. The topological polar surface area (TPSA) is 32.3 Å². The van der Waals surface area contributed by atoms with Gasteiger partial charge in [-0.2, -0.15) is 0 Å². The molecule has 5 heteroatoms. The van der Waals surface area contributed by atoms with Gasteiger partial charge in [-0.1, -0.05) is 31.0 Å². The Balaban J connectivity index is 0.00000182. The molecule has 3 aliphatic rings. The highest BCUT2D eigenvalue weighted by atomic mass is 35.5. The van der Waals surface area contributed by atoms with Gasteiger partial charge in [0, 0.05) is 18.0 Å². The Hall–Kier alpha value is -0.710. The van der Waals surface area contributed by atoms with Gasteiger partial charge < -0.3 is 10.2 Å². The molecule has 2 atom stereocenters. The summed E-state index contributed by atoms with van der Waals surface area (Å²) < 4.78 is -0.209. The summed E-state index contributed by atoms with van der Waals surface area (Å²) in [4.78, 5) is 16.9. The van der Waals surface area contributed by atoms with Crippen molar-refractivity contribution in [2.45, 2.75) is 48.2 Å². The van der Waals surface area contributed by atoms with E-state index in [9.17, 15) is 4.79 Å². The van der Waals surface area contributed by atoms with Gasteiger partial charge in [-0.05, 0) is 62.7 Å². The quantitative estimate of drug-likeness (QED) is 0.861. The monoisotopic (exact) mass is 380 g/mol. The van der Waals surface area contributed by atoms with Crippen molar-refractivity contribution in [3.05, 3.63) is 30.3 Å². The SMILES string of the molecule is Cl.O=C(N1CC[C@@H]2CNC[C@@H]2CC1)C1(Sc2ccccc2)CCCC1. The number of carbonyl (C=O) groups is 1. The van der Waals surface area contributed by atoms with Crippen molar-refractivity contribution >= 4 is 30.1 Å². The number of halogens is 1. The fourth-order valence-corrected chi connectivity index (χ4v) is 6.18. The summed E-state index contributed by atoms with van der Waals surface area (Å²) in [5.41, 5.74) is 0. The summed E-state index contributed by atoms with van der Waals surface area (Å²) in [6.07, 6.45) is 6.81. The minimum Gasteiger partial charge on any atom is -0.341 e. The van der Waals surface area contributed by atoms with Crippen LogP contribution in [0.2, 0.25) is 0 Å². The lowest BCUT2D eigenvalue weighted by Gasteiger charge is -2.33. The molecule has 0 aromatic heterocycles.